The molecule has 0 bridgehead atoms. The van der Waals surface area contributed by atoms with E-state index in [1.165, 1.54) is 0 Å². The van der Waals surface area contributed by atoms with E-state index in [9.17, 15) is 4.79 Å². The van der Waals surface area contributed by atoms with Crippen molar-refractivity contribution in [2.24, 2.45) is 0 Å². The van der Waals surface area contributed by atoms with E-state index in [1.54, 1.807) is 12.1 Å². The lowest BCUT2D eigenvalue weighted by atomic mass is 10.0. The predicted octanol–water partition coefficient (Wildman–Crippen LogP) is 3.12. The number of carbonyl (C=O) groups is 1. The quantitative estimate of drug-likeness (QED) is 0.674. The lowest BCUT2D eigenvalue weighted by Crippen LogP contribution is -2.45. The molecule has 0 spiro atoms. The summed E-state index contributed by atoms with van der Waals surface area (Å²) in [6.45, 7) is 3.75. The van der Waals surface area contributed by atoms with Crippen molar-refractivity contribution in [1.82, 2.24) is 15.5 Å². The summed E-state index contributed by atoms with van der Waals surface area (Å²) < 4.78 is 10.8. The van der Waals surface area contributed by atoms with Crippen LogP contribution in [-0.4, -0.2) is 50.4 Å². The van der Waals surface area contributed by atoms with E-state index in [2.05, 4.69) is 15.5 Å². The Kier molecular flexibility index (Phi) is 8.33. The summed E-state index contributed by atoms with van der Waals surface area (Å²) in [6.07, 6.45) is 0. The molecule has 2 aromatic rings. The number of rotatable bonds is 8. The Hall–Kier alpha value is -2.79. The highest BCUT2D eigenvalue weighted by Crippen LogP contribution is 2.24. The van der Waals surface area contributed by atoms with Gasteiger partial charge in [0, 0.05) is 31.2 Å². The number of nitriles is 1. The van der Waals surface area contributed by atoms with Crippen LogP contribution < -0.4 is 15.4 Å². The number of nitrogens with zero attached hydrogens (tertiary/aromatic N) is 2. The minimum Gasteiger partial charge on any atom is -0.479 e. The van der Waals surface area contributed by atoms with Gasteiger partial charge in [0.2, 0.25) is 0 Å². The molecule has 0 radical (unpaired) electrons. The minimum atomic E-state index is -0.251. The Morgan fingerprint density at radius 2 is 2.00 bits per heavy atom. The SMILES string of the molecule is N#CCOc1cccc(CNC(=O)NCC(c2cccc(Cl)c2)N2CCOCC2)c1. The zero-order chi connectivity index (χ0) is 21.2. The van der Waals surface area contributed by atoms with Gasteiger partial charge >= 0.3 is 6.03 Å². The maximum Gasteiger partial charge on any atom is 0.315 e. The van der Waals surface area contributed by atoms with E-state index in [0.717, 1.165) is 24.2 Å². The van der Waals surface area contributed by atoms with Gasteiger partial charge in [-0.3, -0.25) is 4.90 Å². The maximum atomic E-state index is 12.4. The van der Waals surface area contributed by atoms with Crippen molar-refractivity contribution in [1.29, 1.82) is 5.26 Å². The molecule has 0 aromatic heterocycles. The molecule has 1 heterocycles. The molecule has 1 saturated heterocycles. The molecule has 30 heavy (non-hydrogen) atoms. The van der Waals surface area contributed by atoms with Crippen LogP contribution in [0.4, 0.5) is 4.79 Å². The van der Waals surface area contributed by atoms with Gasteiger partial charge in [0.1, 0.15) is 11.8 Å². The van der Waals surface area contributed by atoms with Gasteiger partial charge in [0.05, 0.1) is 19.3 Å². The minimum absolute atomic E-state index is 0.0101. The molecule has 1 aliphatic heterocycles. The molecule has 2 aromatic carbocycles. The molecule has 2 N–H and O–H groups in total. The second kappa shape index (κ2) is 11.4. The topological polar surface area (TPSA) is 86.6 Å². The molecule has 2 amide bonds. The van der Waals surface area contributed by atoms with E-state index in [0.29, 0.717) is 37.1 Å². The van der Waals surface area contributed by atoms with Gasteiger partial charge in [-0.2, -0.15) is 5.26 Å². The van der Waals surface area contributed by atoms with E-state index in [1.807, 2.05) is 42.5 Å². The Balaban J connectivity index is 1.56. The number of halogens is 1. The van der Waals surface area contributed by atoms with Crippen LogP contribution in [0.3, 0.4) is 0 Å². The molecule has 1 unspecified atom stereocenters. The Morgan fingerprint density at radius 3 is 2.77 bits per heavy atom. The van der Waals surface area contributed by atoms with Crippen LogP contribution in [0, 0.1) is 11.3 Å². The van der Waals surface area contributed by atoms with Crippen molar-refractivity contribution in [3.8, 4) is 11.8 Å². The largest absolute Gasteiger partial charge is 0.479 e. The van der Waals surface area contributed by atoms with Crippen molar-refractivity contribution >= 4 is 17.6 Å². The third kappa shape index (κ3) is 6.63. The smallest absolute Gasteiger partial charge is 0.315 e. The number of hydrogen-bond acceptors (Lipinski definition) is 5. The number of ether oxygens (including phenoxy) is 2. The van der Waals surface area contributed by atoms with E-state index < -0.39 is 0 Å². The average molecular weight is 429 g/mol. The third-order valence-electron chi connectivity index (χ3n) is 4.83. The van der Waals surface area contributed by atoms with E-state index in [-0.39, 0.29) is 18.7 Å². The maximum absolute atomic E-state index is 12.4. The number of amides is 2. The first kappa shape index (κ1) is 21.9. The van der Waals surface area contributed by atoms with Gasteiger partial charge < -0.3 is 20.1 Å². The number of morpholine rings is 1. The number of benzene rings is 2. The van der Waals surface area contributed by atoms with Gasteiger partial charge in [0.15, 0.2) is 6.61 Å². The Morgan fingerprint density at radius 1 is 1.20 bits per heavy atom. The monoisotopic (exact) mass is 428 g/mol. The average Bonchev–Trinajstić information content (AvgIpc) is 2.77. The van der Waals surface area contributed by atoms with Crippen molar-refractivity contribution in [3.63, 3.8) is 0 Å². The third-order valence-corrected chi connectivity index (χ3v) is 5.07. The van der Waals surface area contributed by atoms with E-state index >= 15 is 0 Å². The summed E-state index contributed by atoms with van der Waals surface area (Å²) in [5.74, 6) is 0.601. The molecule has 3 rings (SSSR count). The first-order valence-electron chi connectivity index (χ1n) is 9.83. The second-order valence-electron chi connectivity index (χ2n) is 6.88. The number of hydrogen-bond donors (Lipinski definition) is 2. The summed E-state index contributed by atoms with van der Waals surface area (Å²) in [5, 5.41) is 15.1. The molecule has 8 heteroatoms. The number of carbonyl (C=O) groups excluding carboxylic acids is 1. The molecular formula is C22H25ClN4O3. The number of urea groups is 1. The highest BCUT2D eigenvalue weighted by molar-refractivity contribution is 6.30. The summed E-state index contributed by atoms with van der Waals surface area (Å²) >= 11 is 6.18. The van der Waals surface area contributed by atoms with Crippen LogP contribution in [0.1, 0.15) is 17.2 Å². The Labute approximate surface area is 181 Å². The molecule has 1 fully saturated rings. The summed E-state index contributed by atoms with van der Waals surface area (Å²) in [4.78, 5) is 14.7. The lowest BCUT2D eigenvalue weighted by Gasteiger charge is -2.35. The zero-order valence-corrected chi connectivity index (χ0v) is 17.4. The number of nitrogens with one attached hydrogen (secondary N) is 2. The van der Waals surface area contributed by atoms with Gasteiger partial charge in [-0.05, 0) is 35.4 Å². The molecule has 0 aliphatic carbocycles. The van der Waals surface area contributed by atoms with Crippen LogP contribution in [0.15, 0.2) is 48.5 Å². The summed E-state index contributed by atoms with van der Waals surface area (Å²) in [6, 6.07) is 16.7. The van der Waals surface area contributed by atoms with Gasteiger partial charge in [0.25, 0.3) is 0 Å². The van der Waals surface area contributed by atoms with Crippen LogP contribution in [0.25, 0.3) is 0 Å². The van der Waals surface area contributed by atoms with Crippen molar-refractivity contribution in [2.75, 3.05) is 39.5 Å². The molecule has 1 atom stereocenters. The Bertz CT molecular complexity index is 881. The van der Waals surface area contributed by atoms with Crippen molar-refractivity contribution < 1.29 is 14.3 Å². The van der Waals surface area contributed by atoms with Gasteiger partial charge in [-0.1, -0.05) is 35.9 Å². The van der Waals surface area contributed by atoms with Gasteiger partial charge in [-0.25, -0.2) is 4.79 Å². The second-order valence-corrected chi connectivity index (χ2v) is 7.31. The summed E-state index contributed by atoms with van der Waals surface area (Å²) in [7, 11) is 0. The van der Waals surface area contributed by atoms with Crippen molar-refractivity contribution in [2.45, 2.75) is 12.6 Å². The zero-order valence-electron chi connectivity index (χ0n) is 16.6. The molecule has 7 nitrogen and oxygen atoms in total. The van der Waals surface area contributed by atoms with E-state index in [4.69, 9.17) is 26.3 Å². The highest BCUT2D eigenvalue weighted by Gasteiger charge is 2.23. The van der Waals surface area contributed by atoms with Gasteiger partial charge in [-0.15, -0.1) is 0 Å². The fourth-order valence-electron chi connectivity index (χ4n) is 3.36. The fourth-order valence-corrected chi connectivity index (χ4v) is 3.55. The summed E-state index contributed by atoms with van der Waals surface area (Å²) in [5.41, 5.74) is 1.95. The molecule has 0 saturated carbocycles. The standard InChI is InChI=1S/C22H25ClN4O3/c23-19-5-2-4-18(14-19)21(27-8-11-29-12-9-27)16-26-22(28)25-15-17-3-1-6-20(13-17)30-10-7-24/h1-6,13-14,21H,8-12,15-16H2,(H2,25,26,28). The lowest BCUT2D eigenvalue weighted by molar-refractivity contribution is 0.0167. The van der Waals surface area contributed by atoms with Crippen LogP contribution in [-0.2, 0) is 11.3 Å². The first-order chi connectivity index (χ1) is 14.7. The fraction of sp³-hybridized carbons (Fsp3) is 0.364. The van der Waals surface area contributed by atoms with Crippen LogP contribution in [0.2, 0.25) is 5.02 Å². The molecule has 158 valence electrons. The predicted molar refractivity (Wildman–Crippen MR) is 114 cm³/mol. The first-order valence-corrected chi connectivity index (χ1v) is 10.2. The molecular weight excluding hydrogens is 404 g/mol. The van der Waals surface area contributed by atoms with Crippen LogP contribution in [0.5, 0.6) is 5.75 Å². The van der Waals surface area contributed by atoms with Crippen molar-refractivity contribution in [3.05, 3.63) is 64.7 Å². The highest BCUT2D eigenvalue weighted by atomic mass is 35.5. The molecule has 1 aliphatic rings. The normalized spacial score (nSPS) is 15.1. The van der Waals surface area contributed by atoms with Crippen LogP contribution >= 0.6 is 11.6 Å².